The van der Waals surface area contributed by atoms with Gasteiger partial charge in [0.25, 0.3) is 0 Å². The highest BCUT2D eigenvalue weighted by molar-refractivity contribution is 6.11. The number of aryl methyl sites for hydroxylation is 2. The number of para-hydroxylation sites is 1. The van der Waals surface area contributed by atoms with Gasteiger partial charge in [0.05, 0.1) is 5.52 Å². The molecule has 1 aromatic heterocycles. The van der Waals surface area contributed by atoms with Gasteiger partial charge in [-0.2, -0.15) is 0 Å². The van der Waals surface area contributed by atoms with Crippen molar-refractivity contribution >= 4 is 27.7 Å². The van der Waals surface area contributed by atoms with Crippen molar-refractivity contribution in [2.24, 2.45) is 0 Å². The summed E-state index contributed by atoms with van der Waals surface area (Å²) >= 11 is 0. The molecule has 4 rings (SSSR count). The van der Waals surface area contributed by atoms with Crippen molar-refractivity contribution in [1.29, 1.82) is 0 Å². The molecule has 1 aliphatic heterocycles. The minimum Gasteiger partial charge on any atom is -0.341 e. The first kappa shape index (κ1) is 14.3. The van der Waals surface area contributed by atoms with E-state index in [1.165, 1.54) is 27.4 Å². The van der Waals surface area contributed by atoms with Gasteiger partial charge in [-0.1, -0.05) is 30.3 Å². The van der Waals surface area contributed by atoms with Crippen LogP contribution in [-0.2, 0) is 11.3 Å². The van der Waals surface area contributed by atoms with Crippen molar-refractivity contribution in [2.75, 3.05) is 13.1 Å². The van der Waals surface area contributed by atoms with Crippen LogP contribution in [0.15, 0.2) is 36.4 Å². The Kier molecular flexibility index (Phi) is 3.37. The van der Waals surface area contributed by atoms with Crippen LogP contribution >= 0.6 is 0 Å². The molecule has 0 bridgehead atoms. The summed E-state index contributed by atoms with van der Waals surface area (Å²) in [6.45, 7) is 6.55. The Bertz CT molecular complexity index is 901. The zero-order chi connectivity index (χ0) is 16.0. The standard InChI is InChI=1S/C20H22N2O/c1-14-9-10-15(2)20-19(14)16-7-3-4-8-17(16)22(20)13-18(23)21-11-5-6-12-21/h3-4,7-10H,5-6,11-13H2,1-2H3. The van der Waals surface area contributed by atoms with Gasteiger partial charge in [-0.3, -0.25) is 4.79 Å². The number of carbonyl (C=O) groups excluding carboxylic acids is 1. The average molecular weight is 306 g/mol. The van der Waals surface area contributed by atoms with Crippen molar-refractivity contribution in [1.82, 2.24) is 9.47 Å². The zero-order valence-corrected chi connectivity index (χ0v) is 13.8. The Morgan fingerprint density at radius 3 is 2.48 bits per heavy atom. The van der Waals surface area contributed by atoms with E-state index < -0.39 is 0 Å². The number of hydrogen-bond donors (Lipinski definition) is 0. The van der Waals surface area contributed by atoms with Crippen LogP contribution < -0.4 is 0 Å². The lowest BCUT2D eigenvalue weighted by Crippen LogP contribution is -2.31. The van der Waals surface area contributed by atoms with Gasteiger partial charge in [-0.25, -0.2) is 0 Å². The molecule has 0 unspecified atom stereocenters. The number of carbonyl (C=O) groups is 1. The maximum atomic E-state index is 12.7. The van der Waals surface area contributed by atoms with E-state index in [0.29, 0.717) is 6.54 Å². The molecule has 1 fully saturated rings. The van der Waals surface area contributed by atoms with Crippen LogP contribution in [0.4, 0.5) is 0 Å². The van der Waals surface area contributed by atoms with E-state index in [9.17, 15) is 4.79 Å². The van der Waals surface area contributed by atoms with Crippen molar-refractivity contribution in [3.05, 3.63) is 47.5 Å². The monoisotopic (exact) mass is 306 g/mol. The fraction of sp³-hybridized carbons (Fsp3) is 0.350. The van der Waals surface area contributed by atoms with Crippen LogP contribution in [0.5, 0.6) is 0 Å². The first-order valence-corrected chi connectivity index (χ1v) is 8.42. The Morgan fingerprint density at radius 1 is 1.00 bits per heavy atom. The van der Waals surface area contributed by atoms with Crippen LogP contribution in [0.2, 0.25) is 0 Å². The Hall–Kier alpha value is -2.29. The molecule has 0 aliphatic carbocycles. The molecule has 1 saturated heterocycles. The second kappa shape index (κ2) is 5.41. The lowest BCUT2D eigenvalue weighted by atomic mass is 10.0. The second-order valence-electron chi connectivity index (χ2n) is 6.61. The van der Waals surface area contributed by atoms with Crippen LogP contribution in [0.25, 0.3) is 21.8 Å². The van der Waals surface area contributed by atoms with Crippen LogP contribution in [0, 0.1) is 13.8 Å². The first-order chi connectivity index (χ1) is 11.2. The van der Waals surface area contributed by atoms with Crippen molar-refractivity contribution in [2.45, 2.75) is 33.2 Å². The molecule has 1 amide bonds. The number of nitrogens with zero attached hydrogens (tertiary/aromatic N) is 2. The molecule has 118 valence electrons. The minimum absolute atomic E-state index is 0.242. The molecule has 3 aromatic rings. The van der Waals surface area contributed by atoms with E-state index in [2.05, 4.69) is 54.8 Å². The third kappa shape index (κ3) is 2.23. The highest BCUT2D eigenvalue weighted by Gasteiger charge is 2.21. The number of hydrogen-bond acceptors (Lipinski definition) is 1. The molecule has 2 aromatic carbocycles. The van der Waals surface area contributed by atoms with Crippen LogP contribution in [0.3, 0.4) is 0 Å². The van der Waals surface area contributed by atoms with Gasteiger partial charge in [0.1, 0.15) is 6.54 Å². The highest BCUT2D eigenvalue weighted by atomic mass is 16.2. The van der Waals surface area contributed by atoms with Gasteiger partial charge in [0.2, 0.25) is 5.91 Å². The number of amides is 1. The predicted molar refractivity (Wildman–Crippen MR) is 94.7 cm³/mol. The summed E-state index contributed by atoms with van der Waals surface area (Å²) in [4.78, 5) is 14.7. The summed E-state index contributed by atoms with van der Waals surface area (Å²) in [5.74, 6) is 0.242. The molecular formula is C20H22N2O. The maximum Gasteiger partial charge on any atom is 0.242 e. The van der Waals surface area contributed by atoms with E-state index in [-0.39, 0.29) is 5.91 Å². The first-order valence-electron chi connectivity index (χ1n) is 8.42. The smallest absolute Gasteiger partial charge is 0.242 e. The zero-order valence-electron chi connectivity index (χ0n) is 13.8. The lowest BCUT2D eigenvalue weighted by Gasteiger charge is -2.17. The summed E-state index contributed by atoms with van der Waals surface area (Å²) in [5.41, 5.74) is 4.87. The fourth-order valence-corrected chi connectivity index (χ4v) is 3.89. The molecule has 23 heavy (non-hydrogen) atoms. The van der Waals surface area contributed by atoms with Gasteiger partial charge in [-0.05, 0) is 43.9 Å². The van der Waals surface area contributed by atoms with Gasteiger partial charge < -0.3 is 9.47 Å². The summed E-state index contributed by atoms with van der Waals surface area (Å²) < 4.78 is 2.22. The average Bonchev–Trinajstić information content (AvgIpc) is 3.19. The molecule has 0 atom stereocenters. The summed E-state index contributed by atoms with van der Waals surface area (Å²) in [5, 5.41) is 2.53. The predicted octanol–water partition coefficient (Wildman–Crippen LogP) is 4.03. The molecule has 3 nitrogen and oxygen atoms in total. The summed E-state index contributed by atoms with van der Waals surface area (Å²) in [7, 11) is 0. The molecule has 0 radical (unpaired) electrons. The highest BCUT2D eigenvalue weighted by Crippen LogP contribution is 2.33. The largest absolute Gasteiger partial charge is 0.341 e. The quantitative estimate of drug-likeness (QED) is 0.701. The Morgan fingerprint density at radius 2 is 1.70 bits per heavy atom. The van der Waals surface area contributed by atoms with Crippen LogP contribution in [0.1, 0.15) is 24.0 Å². The lowest BCUT2D eigenvalue weighted by molar-refractivity contribution is -0.130. The van der Waals surface area contributed by atoms with Gasteiger partial charge in [-0.15, -0.1) is 0 Å². The number of benzene rings is 2. The van der Waals surface area contributed by atoms with Crippen LogP contribution in [-0.4, -0.2) is 28.5 Å². The van der Waals surface area contributed by atoms with Crippen molar-refractivity contribution in [3.63, 3.8) is 0 Å². The second-order valence-corrected chi connectivity index (χ2v) is 6.61. The Balaban J connectivity index is 1.93. The maximum absolute atomic E-state index is 12.7. The van der Waals surface area contributed by atoms with E-state index >= 15 is 0 Å². The molecule has 0 spiro atoms. The number of fused-ring (bicyclic) bond motifs is 3. The van der Waals surface area contributed by atoms with E-state index in [1.54, 1.807) is 0 Å². The van der Waals surface area contributed by atoms with E-state index in [1.807, 2.05) is 4.90 Å². The third-order valence-corrected chi connectivity index (χ3v) is 5.07. The molecular weight excluding hydrogens is 284 g/mol. The fourth-order valence-electron chi connectivity index (χ4n) is 3.89. The normalized spacial score (nSPS) is 15.0. The topological polar surface area (TPSA) is 25.2 Å². The third-order valence-electron chi connectivity index (χ3n) is 5.07. The van der Waals surface area contributed by atoms with Gasteiger partial charge in [0.15, 0.2) is 0 Å². The number of aromatic nitrogens is 1. The summed E-state index contributed by atoms with van der Waals surface area (Å²) in [6.07, 6.45) is 2.27. The number of rotatable bonds is 2. The van der Waals surface area contributed by atoms with Crippen molar-refractivity contribution < 1.29 is 4.79 Å². The Labute approximate surface area is 136 Å². The molecule has 2 heterocycles. The van der Waals surface area contributed by atoms with Gasteiger partial charge >= 0.3 is 0 Å². The van der Waals surface area contributed by atoms with Gasteiger partial charge in [0, 0.05) is 29.4 Å². The van der Waals surface area contributed by atoms with E-state index in [0.717, 1.165) is 31.4 Å². The number of likely N-dealkylation sites (tertiary alicyclic amines) is 1. The van der Waals surface area contributed by atoms with Crippen molar-refractivity contribution in [3.8, 4) is 0 Å². The molecule has 0 saturated carbocycles. The SMILES string of the molecule is Cc1ccc(C)c2c1c1ccccc1n2CC(=O)N1CCCC1. The molecule has 0 N–H and O–H groups in total. The molecule has 1 aliphatic rings. The van der Waals surface area contributed by atoms with E-state index in [4.69, 9.17) is 0 Å². The summed E-state index contributed by atoms with van der Waals surface area (Å²) in [6, 6.07) is 12.8. The molecule has 3 heteroatoms. The minimum atomic E-state index is 0.242.